The van der Waals surface area contributed by atoms with Gasteiger partial charge in [-0.05, 0) is 6.42 Å². The molecule has 0 saturated heterocycles. The minimum absolute atomic E-state index is 1.05. The van der Waals surface area contributed by atoms with Gasteiger partial charge in [0.2, 0.25) is 0 Å². The van der Waals surface area contributed by atoms with Gasteiger partial charge in [-0.25, -0.2) is 4.98 Å². The summed E-state index contributed by atoms with van der Waals surface area (Å²) in [6.45, 7) is 5.63. The van der Waals surface area contributed by atoms with Crippen LogP contribution >= 0.6 is 0 Å². The lowest BCUT2D eigenvalue weighted by Crippen LogP contribution is -2.01. The standard InChI is InChI=1S/C21H40N2/c1-3-5-6-7-8-9-10-11-12-13-14-15-16-17-19-23-20-18-22-21(23)4-2/h18,20H,3-17,19H2,1-2H3. The van der Waals surface area contributed by atoms with E-state index in [0.717, 1.165) is 13.0 Å². The molecule has 0 amide bonds. The molecule has 0 aromatic carbocycles. The van der Waals surface area contributed by atoms with Gasteiger partial charge in [0.05, 0.1) is 0 Å². The molecule has 1 aromatic rings. The normalized spacial score (nSPS) is 11.2. The summed E-state index contributed by atoms with van der Waals surface area (Å²) in [7, 11) is 0. The van der Waals surface area contributed by atoms with Crippen molar-refractivity contribution in [1.82, 2.24) is 9.55 Å². The third-order valence-corrected chi connectivity index (χ3v) is 4.87. The molecule has 2 nitrogen and oxygen atoms in total. The smallest absolute Gasteiger partial charge is 0.108 e. The molecular weight excluding hydrogens is 280 g/mol. The summed E-state index contributed by atoms with van der Waals surface area (Å²) in [5.74, 6) is 1.24. The van der Waals surface area contributed by atoms with E-state index in [1.54, 1.807) is 0 Å². The van der Waals surface area contributed by atoms with Crippen molar-refractivity contribution in [3.8, 4) is 0 Å². The molecule has 0 aliphatic carbocycles. The SMILES string of the molecule is CCCCCCCCCCCCCCCCn1ccnc1CC. The Balaban J connectivity index is 1.78. The lowest BCUT2D eigenvalue weighted by molar-refractivity contribution is 0.520. The predicted molar refractivity (Wildman–Crippen MR) is 102 cm³/mol. The summed E-state index contributed by atoms with van der Waals surface area (Å²) in [5.41, 5.74) is 0. The second kappa shape index (κ2) is 14.8. The number of hydrogen-bond acceptors (Lipinski definition) is 1. The van der Waals surface area contributed by atoms with E-state index in [0.29, 0.717) is 0 Å². The predicted octanol–water partition coefficient (Wildman–Crippen LogP) is 6.93. The number of unbranched alkanes of at least 4 members (excludes halogenated alkanes) is 13. The van der Waals surface area contributed by atoms with Crippen molar-refractivity contribution in [2.75, 3.05) is 0 Å². The van der Waals surface area contributed by atoms with Gasteiger partial charge in [0.1, 0.15) is 5.82 Å². The van der Waals surface area contributed by atoms with E-state index in [-0.39, 0.29) is 0 Å². The molecule has 0 saturated carbocycles. The van der Waals surface area contributed by atoms with Gasteiger partial charge in [-0.15, -0.1) is 0 Å². The van der Waals surface area contributed by atoms with E-state index < -0.39 is 0 Å². The maximum atomic E-state index is 4.38. The minimum Gasteiger partial charge on any atom is -0.335 e. The monoisotopic (exact) mass is 320 g/mol. The van der Waals surface area contributed by atoms with Crippen molar-refractivity contribution in [3.05, 3.63) is 18.2 Å². The molecule has 0 atom stereocenters. The van der Waals surface area contributed by atoms with Gasteiger partial charge < -0.3 is 4.57 Å². The van der Waals surface area contributed by atoms with Gasteiger partial charge in [-0.1, -0.05) is 97.3 Å². The second-order valence-electron chi connectivity index (χ2n) is 6.99. The zero-order valence-electron chi connectivity index (χ0n) is 15.9. The van der Waals surface area contributed by atoms with Crippen LogP contribution in [0.25, 0.3) is 0 Å². The molecule has 1 aromatic heterocycles. The first-order valence-corrected chi connectivity index (χ1v) is 10.4. The van der Waals surface area contributed by atoms with Crippen LogP contribution in [0.2, 0.25) is 0 Å². The Morgan fingerprint density at radius 1 is 0.696 bits per heavy atom. The van der Waals surface area contributed by atoms with E-state index in [9.17, 15) is 0 Å². The van der Waals surface area contributed by atoms with Crippen LogP contribution in [-0.4, -0.2) is 9.55 Å². The first-order valence-electron chi connectivity index (χ1n) is 10.4. The zero-order chi connectivity index (χ0) is 16.6. The van der Waals surface area contributed by atoms with E-state index >= 15 is 0 Å². The van der Waals surface area contributed by atoms with Crippen LogP contribution in [0.15, 0.2) is 12.4 Å². The number of aryl methyl sites for hydroxylation is 2. The first kappa shape index (κ1) is 20.3. The van der Waals surface area contributed by atoms with Crippen molar-refractivity contribution in [3.63, 3.8) is 0 Å². The highest BCUT2D eigenvalue weighted by atomic mass is 15.1. The van der Waals surface area contributed by atoms with Crippen LogP contribution in [0.4, 0.5) is 0 Å². The Morgan fingerprint density at radius 2 is 1.17 bits per heavy atom. The van der Waals surface area contributed by atoms with E-state index in [2.05, 4.69) is 29.6 Å². The molecule has 0 spiro atoms. The highest BCUT2D eigenvalue weighted by molar-refractivity contribution is 4.91. The van der Waals surface area contributed by atoms with E-state index in [4.69, 9.17) is 0 Å². The fraction of sp³-hybridized carbons (Fsp3) is 0.857. The van der Waals surface area contributed by atoms with Crippen LogP contribution in [0.3, 0.4) is 0 Å². The van der Waals surface area contributed by atoms with Gasteiger partial charge in [-0.2, -0.15) is 0 Å². The number of rotatable bonds is 16. The lowest BCUT2D eigenvalue weighted by atomic mass is 10.0. The van der Waals surface area contributed by atoms with Crippen LogP contribution in [0, 0.1) is 0 Å². The molecule has 0 bridgehead atoms. The van der Waals surface area contributed by atoms with Crippen molar-refractivity contribution in [2.24, 2.45) is 0 Å². The number of imidazole rings is 1. The summed E-state index contributed by atoms with van der Waals surface area (Å²) in [6.07, 6.45) is 25.1. The summed E-state index contributed by atoms with van der Waals surface area (Å²) in [5, 5.41) is 0. The topological polar surface area (TPSA) is 17.8 Å². The first-order chi connectivity index (χ1) is 11.4. The molecule has 2 heteroatoms. The third kappa shape index (κ3) is 10.6. The Morgan fingerprint density at radius 3 is 1.65 bits per heavy atom. The fourth-order valence-electron chi connectivity index (χ4n) is 3.33. The molecule has 0 unspecified atom stereocenters. The largest absolute Gasteiger partial charge is 0.335 e. The summed E-state index contributed by atoms with van der Waals surface area (Å²) >= 11 is 0. The molecule has 0 fully saturated rings. The van der Waals surface area contributed by atoms with Gasteiger partial charge in [0, 0.05) is 25.4 Å². The maximum absolute atomic E-state index is 4.38. The van der Waals surface area contributed by atoms with E-state index in [1.807, 2.05) is 6.20 Å². The van der Waals surface area contributed by atoms with Crippen LogP contribution in [-0.2, 0) is 13.0 Å². The summed E-state index contributed by atoms with van der Waals surface area (Å²) in [4.78, 5) is 4.38. The van der Waals surface area contributed by atoms with Gasteiger partial charge in [-0.3, -0.25) is 0 Å². The summed E-state index contributed by atoms with van der Waals surface area (Å²) in [6, 6.07) is 0. The van der Waals surface area contributed by atoms with Gasteiger partial charge in [0.25, 0.3) is 0 Å². The van der Waals surface area contributed by atoms with Crippen LogP contribution < -0.4 is 0 Å². The number of aromatic nitrogens is 2. The molecule has 0 radical (unpaired) electrons. The molecule has 0 aliphatic rings. The Bertz CT molecular complexity index is 356. The molecule has 134 valence electrons. The van der Waals surface area contributed by atoms with Crippen molar-refractivity contribution >= 4 is 0 Å². The number of hydrogen-bond donors (Lipinski definition) is 0. The highest BCUT2D eigenvalue weighted by Crippen LogP contribution is 2.13. The number of nitrogens with zero attached hydrogens (tertiary/aromatic N) is 2. The Labute approximate surface area is 145 Å². The quantitative estimate of drug-likeness (QED) is 0.302. The van der Waals surface area contributed by atoms with E-state index in [1.165, 1.54) is 95.7 Å². The second-order valence-corrected chi connectivity index (χ2v) is 6.99. The molecule has 1 heterocycles. The highest BCUT2D eigenvalue weighted by Gasteiger charge is 1.99. The molecule has 23 heavy (non-hydrogen) atoms. The summed E-state index contributed by atoms with van der Waals surface area (Å²) < 4.78 is 2.32. The fourth-order valence-corrected chi connectivity index (χ4v) is 3.33. The average molecular weight is 321 g/mol. The van der Waals surface area contributed by atoms with Crippen molar-refractivity contribution in [2.45, 2.75) is 117 Å². The molecular formula is C21H40N2. The lowest BCUT2D eigenvalue weighted by Gasteiger charge is -2.06. The Hall–Kier alpha value is -0.790. The molecule has 1 rings (SSSR count). The maximum Gasteiger partial charge on any atom is 0.108 e. The average Bonchev–Trinajstić information content (AvgIpc) is 3.02. The third-order valence-electron chi connectivity index (χ3n) is 4.87. The Kier molecular flexibility index (Phi) is 13.0. The molecule has 0 aliphatic heterocycles. The molecule has 0 N–H and O–H groups in total. The van der Waals surface area contributed by atoms with Gasteiger partial charge in [0.15, 0.2) is 0 Å². The van der Waals surface area contributed by atoms with Crippen molar-refractivity contribution in [1.29, 1.82) is 0 Å². The minimum atomic E-state index is 1.05. The van der Waals surface area contributed by atoms with Crippen molar-refractivity contribution < 1.29 is 0 Å². The van der Waals surface area contributed by atoms with Gasteiger partial charge >= 0.3 is 0 Å². The van der Waals surface area contributed by atoms with Crippen LogP contribution in [0.5, 0.6) is 0 Å². The zero-order valence-corrected chi connectivity index (χ0v) is 15.9. The van der Waals surface area contributed by atoms with Crippen LogP contribution in [0.1, 0.15) is 110 Å².